The smallest absolute Gasteiger partial charge is 0.341 e. The maximum Gasteiger partial charge on any atom is 0.341 e. The first-order valence-electron chi connectivity index (χ1n) is 7.42. The van der Waals surface area contributed by atoms with E-state index in [-0.39, 0.29) is 10.8 Å². The number of ether oxygens (including phenoxy) is 1. The first-order valence-corrected chi connectivity index (χ1v) is 8.64. The lowest BCUT2D eigenvalue weighted by Gasteiger charge is -2.12. The third kappa shape index (κ3) is 3.91. The van der Waals surface area contributed by atoms with Crippen LogP contribution in [0.15, 0.2) is 18.2 Å². The van der Waals surface area contributed by atoms with Gasteiger partial charge in [-0.1, -0.05) is 13.0 Å². The van der Waals surface area contributed by atoms with Gasteiger partial charge in [-0.3, -0.25) is 0 Å². The maximum absolute atomic E-state index is 13.8. The second-order valence-electron chi connectivity index (χ2n) is 5.25. The van der Waals surface area contributed by atoms with E-state index in [2.05, 4.69) is 10.6 Å². The number of aryl methyl sites for hydroxylation is 2. The Hall–Kier alpha value is -1.99. The summed E-state index contributed by atoms with van der Waals surface area (Å²) < 4.78 is 18.7. The Kier molecular flexibility index (Phi) is 5.90. The summed E-state index contributed by atoms with van der Waals surface area (Å²) in [5.41, 5.74) is 2.61. The van der Waals surface area contributed by atoms with Crippen molar-refractivity contribution in [2.24, 2.45) is 0 Å². The molecule has 2 rings (SSSR count). The molecule has 0 aliphatic rings. The Morgan fingerprint density at radius 1 is 1.33 bits per heavy atom. The van der Waals surface area contributed by atoms with Crippen molar-refractivity contribution in [3.8, 4) is 0 Å². The molecule has 0 saturated carbocycles. The van der Waals surface area contributed by atoms with Gasteiger partial charge in [-0.15, -0.1) is 11.3 Å². The predicted octanol–water partition coefficient (Wildman–Crippen LogP) is 4.66. The summed E-state index contributed by atoms with van der Waals surface area (Å²) in [5, 5.41) is 6.63. The van der Waals surface area contributed by atoms with Crippen molar-refractivity contribution in [2.45, 2.75) is 27.2 Å². The maximum atomic E-state index is 13.8. The third-order valence-electron chi connectivity index (χ3n) is 3.55. The molecular formula is C17H19FN2O2S2. The van der Waals surface area contributed by atoms with E-state index < -0.39 is 11.8 Å². The minimum absolute atomic E-state index is 0.216. The Morgan fingerprint density at radius 3 is 2.67 bits per heavy atom. The fourth-order valence-corrected chi connectivity index (χ4v) is 3.82. The third-order valence-corrected chi connectivity index (χ3v) is 4.82. The molecule has 0 atom stereocenters. The summed E-state index contributed by atoms with van der Waals surface area (Å²) >= 11 is 6.68. The van der Waals surface area contributed by atoms with Crippen molar-refractivity contribution in [3.05, 3.63) is 45.6 Å². The molecule has 1 aromatic carbocycles. The Morgan fingerprint density at radius 2 is 2.04 bits per heavy atom. The van der Waals surface area contributed by atoms with Crippen molar-refractivity contribution in [3.63, 3.8) is 0 Å². The number of thiophene rings is 1. The number of hydrogen-bond acceptors (Lipinski definition) is 4. The number of halogens is 1. The van der Waals surface area contributed by atoms with Crippen molar-refractivity contribution in [2.75, 3.05) is 17.7 Å². The number of nitrogens with one attached hydrogen (secondary N) is 2. The van der Waals surface area contributed by atoms with Gasteiger partial charge in [0.1, 0.15) is 10.8 Å². The molecule has 7 heteroatoms. The number of hydrogen-bond donors (Lipinski definition) is 2. The number of esters is 1. The molecule has 0 saturated heterocycles. The van der Waals surface area contributed by atoms with Crippen LogP contribution in [0.2, 0.25) is 0 Å². The predicted molar refractivity (Wildman–Crippen MR) is 101 cm³/mol. The number of carbonyl (C=O) groups is 1. The first kappa shape index (κ1) is 18.4. The lowest BCUT2D eigenvalue weighted by Crippen LogP contribution is -2.21. The van der Waals surface area contributed by atoms with Crippen LogP contribution in [0, 0.1) is 19.7 Å². The van der Waals surface area contributed by atoms with Gasteiger partial charge >= 0.3 is 5.97 Å². The van der Waals surface area contributed by atoms with E-state index in [9.17, 15) is 9.18 Å². The summed E-state index contributed by atoms with van der Waals surface area (Å²) in [6.07, 6.45) is 0.709. The number of benzene rings is 1. The molecule has 4 nitrogen and oxygen atoms in total. The monoisotopic (exact) mass is 366 g/mol. The van der Waals surface area contributed by atoms with Crippen LogP contribution in [0.3, 0.4) is 0 Å². The molecule has 0 amide bonds. The zero-order valence-electron chi connectivity index (χ0n) is 14.0. The lowest BCUT2D eigenvalue weighted by molar-refractivity contribution is 0.0601. The van der Waals surface area contributed by atoms with Crippen molar-refractivity contribution in [1.29, 1.82) is 0 Å². The fourth-order valence-electron chi connectivity index (χ4n) is 2.40. The summed E-state index contributed by atoms with van der Waals surface area (Å²) in [6.45, 7) is 5.79. The van der Waals surface area contributed by atoms with E-state index in [0.29, 0.717) is 17.0 Å². The number of methoxy groups -OCH3 is 1. The van der Waals surface area contributed by atoms with Gasteiger partial charge in [0.2, 0.25) is 0 Å². The molecule has 0 aliphatic heterocycles. The molecule has 0 aliphatic carbocycles. The van der Waals surface area contributed by atoms with Gasteiger partial charge in [0.25, 0.3) is 0 Å². The summed E-state index contributed by atoms with van der Waals surface area (Å²) in [6, 6.07) is 4.73. The van der Waals surface area contributed by atoms with Gasteiger partial charge in [0.15, 0.2) is 5.11 Å². The van der Waals surface area contributed by atoms with Crippen LogP contribution in [0.5, 0.6) is 0 Å². The molecule has 128 valence electrons. The van der Waals surface area contributed by atoms with Crippen LogP contribution in [-0.4, -0.2) is 18.2 Å². The zero-order chi connectivity index (χ0) is 17.9. The molecule has 2 N–H and O–H groups in total. The van der Waals surface area contributed by atoms with E-state index in [4.69, 9.17) is 17.0 Å². The van der Waals surface area contributed by atoms with Gasteiger partial charge in [-0.25, -0.2) is 9.18 Å². The summed E-state index contributed by atoms with van der Waals surface area (Å²) in [4.78, 5) is 13.1. The van der Waals surface area contributed by atoms with E-state index in [1.165, 1.54) is 24.5 Å². The average Bonchev–Trinajstić information content (AvgIpc) is 2.85. The highest BCUT2D eigenvalue weighted by atomic mass is 32.1. The Balaban J connectivity index is 2.26. The molecular weight excluding hydrogens is 347 g/mol. The van der Waals surface area contributed by atoms with Gasteiger partial charge < -0.3 is 15.4 Å². The molecule has 0 radical (unpaired) electrons. The highest BCUT2D eigenvalue weighted by Gasteiger charge is 2.22. The fraction of sp³-hybridized carbons (Fsp3) is 0.294. The second kappa shape index (κ2) is 7.72. The number of thiocarbonyl (C=S) groups is 1. The average molecular weight is 366 g/mol. The van der Waals surface area contributed by atoms with Gasteiger partial charge in [-0.05, 0) is 55.7 Å². The summed E-state index contributed by atoms with van der Waals surface area (Å²) in [7, 11) is 1.34. The Labute approximate surface area is 150 Å². The van der Waals surface area contributed by atoms with E-state index in [1.54, 1.807) is 12.1 Å². The van der Waals surface area contributed by atoms with Crippen LogP contribution in [0.1, 0.15) is 33.3 Å². The van der Waals surface area contributed by atoms with Crippen LogP contribution in [0.4, 0.5) is 15.1 Å². The Bertz CT molecular complexity index is 787. The highest BCUT2D eigenvalue weighted by molar-refractivity contribution is 7.80. The summed E-state index contributed by atoms with van der Waals surface area (Å²) in [5.74, 6) is -0.808. The molecule has 24 heavy (non-hydrogen) atoms. The number of carbonyl (C=O) groups excluding carboxylic acids is 1. The van der Waals surface area contributed by atoms with Crippen molar-refractivity contribution in [1.82, 2.24) is 0 Å². The number of anilines is 2. The van der Waals surface area contributed by atoms with Crippen LogP contribution in [-0.2, 0) is 11.2 Å². The highest BCUT2D eigenvalue weighted by Crippen LogP contribution is 2.34. The van der Waals surface area contributed by atoms with Crippen LogP contribution in [0.25, 0.3) is 0 Å². The largest absolute Gasteiger partial charge is 0.465 e. The molecule has 1 heterocycles. The molecule has 2 aromatic rings. The first-order chi connectivity index (χ1) is 11.4. The molecule has 1 aromatic heterocycles. The lowest BCUT2D eigenvalue weighted by atomic mass is 10.1. The minimum Gasteiger partial charge on any atom is -0.465 e. The number of rotatable bonds is 4. The van der Waals surface area contributed by atoms with E-state index in [1.807, 2.05) is 20.8 Å². The second-order valence-corrected chi connectivity index (χ2v) is 6.88. The molecule has 0 unspecified atom stereocenters. The molecule has 0 spiro atoms. The molecule has 0 bridgehead atoms. The van der Waals surface area contributed by atoms with Gasteiger partial charge in [-0.2, -0.15) is 0 Å². The topological polar surface area (TPSA) is 50.4 Å². The van der Waals surface area contributed by atoms with Gasteiger partial charge in [0, 0.05) is 4.88 Å². The molecule has 0 fully saturated rings. The van der Waals surface area contributed by atoms with Crippen molar-refractivity contribution >= 4 is 45.3 Å². The van der Waals surface area contributed by atoms with Crippen LogP contribution < -0.4 is 10.6 Å². The minimum atomic E-state index is -0.414. The standard InChI is InChI=1S/C17H19FN2O2S2/c1-5-11-10(3)24-15(14(11)16(21)22-4)20-17(23)19-13-8-9(2)6-7-12(13)18/h6-8H,5H2,1-4H3,(H2,19,20,23). The van der Waals surface area contributed by atoms with Crippen LogP contribution >= 0.6 is 23.6 Å². The van der Waals surface area contributed by atoms with Gasteiger partial charge in [0.05, 0.1) is 18.4 Å². The normalized spacial score (nSPS) is 10.4. The zero-order valence-corrected chi connectivity index (χ0v) is 15.6. The van der Waals surface area contributed by atoms with Crippen molar-refractivity contribution < 1.29 is 13.9 Å². The van der Waals surface area contributed by atoms with E-state index >= 15 is 0 Å². The quantitative estimate of drug-likeness (QED) is 0.609. The van der Waals surface area contributed by atoms with E-state index in [0.717, 1.165) is 16.0 Å². The SMILES string of the molecule is CCc1c(C)sc(NC(=S)Nc2cc(C)ccc2F)c1C(=O)OC.